The molecule has 0 saturated carbocycles. The summed E-state index contributed by atoms with van der Waals surface area (Å²) in [5.41, 5.74) is 2.94. The van der Waals surface area contributed by atoms with Gasteiger partial charge in [-0.3, -0.25) is 9.59 Å². The van der Waals surface area contributed by atoms with Crippen molar-refractivity contribution in [2.75, 3.05) is 27.3 Å². The third kappa shape index (κ3) is 4.63. The third-order valence-corrected chi connectivity index (χ3v) is 6.71. The average Bonchev–Trinajstić information content (AvgIpc) is 3.16. The number of phenols is 1. The molecule has 2 aliphatic rings. The van der Waals surface area contributed by atoms with E-state index in [4.69, 9.17) is 9.47 Å². The van der Waals surface area contributed by atoms with Crippen LogP contribution in [-0.2, 0) is 11.3 Å². The first-order chi connectivity index (χ1) is 15.8. The van der Waals surface area contributed by atoms with Gasteiger partial charge in [-0.05, 0) is 35.4 Å². The van der Waals surface area contributed by atoms with Crippen LogP contribution in [0.15, 0.2) is 30.3 Å². The number of phenolic OH excluding ortho intramolecular Hbond substituents is 1. The second-order valence-electron chi connectivity index (χ2n) is 9.36. The Kier molecular flexibility index (Phi) is 6.49. The fourth-order valence-electron chi connectivity index (χ4n) is 5.25. The third-order valence-electron chi connectivity index (χ3n) is 6.71. The molecule has 7 heteroatoms. The van der Waals surface area contributed by atoms with E-state index < -0.39 is 5.92 Å². The normalized spacial score (nSPS) is 20.7. The molecule has 4 rings (SSSR count). The van der Waals surface area contributed by atoms with Gasteiger partial charge in [0.2, 0.25) is 5.91 Å². The molecule has 0 aliphatic carbocycles. The van der Waals surface area contributed by atoms with Gasteiger partial charge in [0.05, 0.1) is 14.2 Å². The van der Waals surface area contributed by atoms with Crippen molar-refractivity contribution in [3.63, 3.8) is 0 Å². The second-order valence-corrected chi connectivity index (χ2v) is 9.36. The van der Waals surface area contributed by atoms with Crippen LogP contribution in [0.1, 0.15) is 59.7 Å². The molecule has 7 nitrogen and oxygen atoms in total. The zero-order valence-corrected chi connectivity index (χ0v) is 19.7. The minimum Gasteiger partial charge on any atom is -0.507 e. The Labute approximate surface area is 194 Å². The van der Waals surface area contributed by atoms with Crippen molar-refractivity contribution >= 4 is 11.8 Å². The number of likely N-dealkylation sites (tertiary alicyclic amines) is 1. The topological polar surface area (TPSA) is 88.1 Å². The van der Waals surface area contributed by atoms with Crippen LogP contribution in [0.4, 0.5) is 0 Å². The predicted octanol–water partition coefficient (Wildman–Crippen LogP) is 3.68. The summed E-state index contributed by atoms with van der Waals surface area (Å²) in [7, 11) is 3.06. The van der Waals surface area contributed by atoms with E-state index in [2.05, 4.69) is 19.2 Å². The predicted molar refractivity (Wildman–Crippen MR) is 125 cm³/mol. The summed E-state index contributed by atoms with van der Waals surface area (Å²) in [6.45, 7) is 6.29. The summed E-state index contributed by atoms with van der Waals surface area (Å²) in [5, 5.41) is 13.8. The number of hydrogen-bond donors (Lipinski definition) is 2. The van der Waals surface area contributed by atoms with Gasteiger partial charge in [0.15, 0.2) is 0 Å². The maximum absolute atomic E-state index is 13.5. The highest BCUT2D eigenvalue weighted by molar-refractivity contribution is 5.98. The van der Waals surface area contributed by atoms with Crippen molar-refractivity contribution < 1.29 is 24.2 Å². The number of carbonyl (C=O) groups is 2. The van der Waals surface area contributed by atoms with Crippen molar-refractivity contribution in [3.8, 4) is 17.2 Å². The summed E-state index contributed by atoms with van der Waals surface area (Å²) < 4.78 is 10.9. The van der Waals surface area contributed by atoms with Crippen LogP contribution in [0.2, 0.25) is 0 Å². The van der Waals surface area contributed by atoms with E-state index in [1.54, 1.807) is 18.2 Å². The molecule has 2 unspecified atom stereocenters. The highest BCUT2D eigenvalue weighted by Gasteiger charge is 2.32. The number of nitrogens with one attached hydrogen (secondary N) is 1. The summed E-state index contributed by atoms with van der Waals surface area (Å²) in [5.74, 6) is 1.37. The number of hydrogen-bond acceptors (Lipinski definition) is 5. The average molecular weight is 453 g/mol. The monoisotopic (exact) mass is 452 g/mol. The zero-order chi connectivity index (χ0) is 23.7. The smallest absolute Gasteiger partial charge is 0.251 e. The first-order valence-corrected chi connectivity index (χ1v) is 11.4. The summed E-state index contributed by atoms with van der Waals surface area (Å²) in [4.78, 5) is 27.5. The molecular formula is C26H32N2O5. The molecule has 2 aromatic rings. The van der Waals surface area contributed by atoms with Gasteiger partial charge in [-0.2, -0.15) is 0 Å². The number of carbonyl (C=O) groups excluding carboxylic acids is 2. The Balaban J connectivity index is 1.75. The summed E-state index contributed by atoms with van der Waals surface area (Å²) in [6, 6.07) is 8.87. The van der Waals surface area contributed by atoms with Gasteiger partial charge in [0.25, 0.3) is 5.91 Å². The van der Waals surface area contributed by atoms with E-state index in [0.29, 0.717) is 41.0 Å². The molecule has 2 N–H and O–H groups in total. The number of methoxy groups -OCH3 is 2. The standard InChI is InChI=1S/C26H32N2O5/c1-15-7-16(2)14-28(13-15)24(30)11-21(17-5-6-20-18(8-17)12-27-26(20)31)25-22(29)9-19(32-3)10-23(25)33-4/h5-6,8-10,15-16,21,29H,7,11-14H2,1-4H3,(H,27,31)/t15?,16?,21-/m1/s1. The number of piperidine rings is 1. The molecule has 1 saturated heterocycles. The van der Waals surface area contributed by atoms with E-state index in [1.165, 1.54) is 14.2 Å². The second kappa shape index (κ2) is 9.33. The van der Waals surface area contributed by atoms with Gasteiger partial charge in [-0.15, -0.1) is 0 Å². The molecule has 0 radical (unpaired) electrons. The van der Waals surface area contributed by atoms with Gasteiger partial charge in [-0.1, -0.05) is 26.0 Å². The maximum atomic E-state index is 13.5. The molecule has 176 valence electrons. The molecule has 2 aromatic carbocycles. The quantitative estimate of drug-likeness (QED) is 0.698. The van der Waals surface area contributed by atoms with Crippen LogP contribution in [0.3, 0.4) is 0 Å². The van der Waals surface area contributed by atoms with Crippen molar-refractivity contribution in [2.45, 2.75) is 39.2 Å². The Morgan fingerprint density at radius 1 is 1.15 bits per heavy atom. The number of aromatic hydroxyl groups is 1. The maximum Gasteiger partial charge on any atom is 0.251 e. The Morgan fingerprint density at radius 2 is 1.88 bits per heavy atom. The number of rotatable bonds is 6. The number of nitrogens with zero attached hydrogens (tertiary/aromatic N) is 1. The minimum absolute atomic E-state index is 0.0130. The van der Waals surface area contributed by atoms with E-state index in [0.717, 1.165) is 30.6 Å². The molecule has 1 fully saturated rings. The molecule has 2 heterocycles. The Hall–Kier alpha value is -3.22. The van der Waals surface area contributed by atoms with Crippen LogP contribution in [0.5, 0.6) is 17.2 Å². The number of amides is 2. The van der Waals surface area contributed by atoms with Crippen LogP contribution < -0.4 is 14.8 Å². The highest BCUT2D eigenvalue weighted by atomic mass is 16.5. The van der Waals surface area contributed by atoms with Gasteiger partial charge < -0.3 is 24.8 Å². The zero-order valence-electron chi connectivity index (χ0n) is 19.7. The fraction of sp³-hybridized carbons (Fsp3) is 0.462. The van der Waals surface area contributed by atoms with E-state index >= 15 is 0 Å². The number of fused-ring (bicyclic) bond motifs is 1. The lowest BCUT2D eigenvalue weighted by atomic mass is 9.84. The van der Waals surface area contributed by atoms with Gasteiger partial charge in [0.1, 0.15) is 17.2 Å². The molecule has 3 atom stereocenters. The summed E-state index contributed by atoms with van der Waals surface area (Å²) in [6.07, 6.45) is 1.31. The van der Waals surface area contributed by atoms with E-state index in [1.807, 2.05) is 17.0 Å². The number of benzene rings is 2. The van der Waals surface area contributed by atoms with Gasteiger partial charge in [-0.25, -0.2) is 0 Å². The van der Waals surface area contributed by atoms with E-state index in [9.17, 15) is 14.7 Å². The molecule has 2 aliphatic heterocycles. The first-order valence-electron chi connectivity index (χ1n) is 11.4. The molecule has 0 spiro atoms. The lowest BCUT2D eigenvalue weighted by molar-refractivity contribution is -0.134. The van der Waals surface area contributed by atoms with Gasteiger partial charge >= 0.3 is 0 Å². The SMILES string of the molecule is COc1cc(O)c([C@H](CC(=O)N2CC(C)CC(C)C2)c2ccc3c(c2)CNC3=O)c(OC)c1. The lowest BCUT2D eigenvalue weighted by Crippen LogP contribution is -2.43. The Bertz CT molecular complexity index is 1060. The summed E-state index contributed by atoms with van der Waals surface area (Å²) >= 11 is 0. The minimum atomic E-state index is -0.438. The van der Waals surface area contributed by atoms with Crippen LogP contribution >= 0.6 is 0 Å². The Morgan fingerprint density at radius 3 is 2.55 bits per heavy atom. The molecule has 2 amide bonds. The van der Waals surface area contributed by atoms with Gasteiger partial charge in [0, 0.05) is 55.2 Å². The fourth-order valence-corrected chi connectivity index (χ4v) is 5.25. The largest absolute Gasteiger partial charge is 0.507 e. The molecule has 0 aromatic heterocycles. The van der Waals surface area contributed by atoms with Crippen molar-refractivity contribution in [3.05, 3.63) is 52.6 Å². The molecule has 0 bridgehead atoms. The number of ether oxygens (including phenoxy) is 2. The highest BCUT2D eigenvalue weighted by Crippen LogP contribution is 2.44. The van der Waals surface area contributed by atoms with E-state index in [-0.39, 0.29) is 24.0 Å². The first kappa shape index (κ1) is 23.0. The van der Waals surface area contributed by atoms with Crippen LogP contribution in [0.25, 0.3) is 0 Å². The van der Waals surface area contributed by atoms with Crippen molar-refractivity contribution in [1.82, 2.24) is 10.2 Å². The van der Waals surface area contributed by atoms with Crippen molar-refractivity contribution in [2.24, 2.45) is 11.8 Å². The van der Waals surface area contributed by atoms with Crippen LogP contribution in [0, 0.1) is 11.8 Å². The van der Waals surface area contributed by atoms with Crippen LogP contribution in [-0.4, -0.2) is 49.1 Å². The molecular weight excluding hydrogens is 420 g/mol. The molecule has 33 heavy (non-hydrogen) atoms. The lowest BCUT2D eigenvalue weighted by Gasteiger charge is -2.36. The van der Waals surface area contributed by atoms with Crippen molar-refractivity contribution in [1.29, 1.82) is 0 Å².